The molecule has 1 fully saturated rings. The Kier molecular flexibility index (Phi) is 8.07. The molecule has 0 saturated carbocycles. The minimum absolute atomic E-state index is 0.0462. The quantitative estimate of drug-likeness (QED) is 0.360. The molecule has 1 aliphatic heterocycles. The molecule has 0 spiro atoms. The summed E-state index contributed by atoms with van der Waals surface area (Å²) in [6, 6.07) is 7.62. The van der Waals surface area contributed by atoms with Crippen molar-refractivity contribution in [2.45, 2.75) is 27.2 Å². The van der Waals surface area contributed by atoms with Crippen LogP contribution in [-0.4, -0.2) is 65.5 Å². The third-order valence-corrected chi connectivity index (χ3v) is 6.69. The molecular formula is C29H36N2O6. The fourth-order valence-corrected chi connectivity index (χ4v) is 4.99. The van der Waals surface area contributed by atoms with E-state index in [9.17, 15) is 4.79 Å². The van der Waals surface area contributed by atoms with E-state index >= 15 is 0 Å². The van der Waals surface area contributed by atoms with E-state index in [0.29, 0.717) is 67.1 Å². The SMILES string of the molecule is COc1ccc(-c2c(C(=O)CC(C)C)c(N3CCOCC3)nc3cc(OC)c(OC)c(C)c23)cc1OC. The van der Waals surface area contributed by atoms with Crippen molar-refractivity contribution in [3.05, 3.63) is 35.4 Å². The van der Waals surface area contributed by atoms with Gasteiger partial charge in [0.2, 0.25) is 0 Å². The largest absolute Gasteiger partial charge is 0.493 e. The number of ether oxygens (including phenoxy) is 5. The summed E-state index contributed by atoms with van der Waals surface area (Å²) in [5.74, 6) is 3.29. The molecule has 0 radical (unpaired) electrons. The van der Waals surface area contributed by atoms with Crippen molar-refractivity contribution >= 4 is 22.5 Å². The molecule has 0 unspecified atom stereocenters. The molecule has 1 saturated heterocycles. The van der Waals surface area contributed by atoms with Gasteiger partial charge in [0, 0.05) is 42.1 Å². The molecule has 2 aromatic carbocycles. The highest BCUT2D eigenvalue weighted by Crippen LogP contribution is 2.46. The Morgan fingerprint density at radius 3 is 2.24 bits per heavy atom. The van der Waals surface area contributed by atoms with Crippen molar-refractivity contribution in [1.29, 1.82) is 0 Å². The van der Waals surface area contributed by atoms with Gasteiger partial charge in [-0.2, -0.15) is 0 Å². The maximum Gasteiger partial charge on any atom is 0.167 e. The minimum Gasteiger partial charge on any atom is -0.493 e. The van der Waals surface area contributed by atoms with Crippen molar-refractivity contribution in [2.75, 3.05) is 59.6 Å². The maximum atomic E-state index is 14.0. The van der Waals surface area contributed by atoms with Gasteiger partial charge in [-0.25, -0.2) is 4.98 Å². The van der Waals surface area contributed by atoms with Gasteiger partial charge in [-0.15, -0.1) is 0 Å². The zero-order chi connectivity index (χ0) is 26.7. The third kappa shape index (κ3) is 5.03. The molecule has 0 amide bonds. The van der Waals surface area contributed by atoms with Gasteiger partial charge in [0.05, 0.1) is 52.7 Å². The number of benzene rings is 2. The van der Waals surface area contributed by atoms with Crippen LogP contribution in [0.4, 0.5) is 5.82 Å². The third-order valence-electron chi connectivity index (χ3n) is 6.69. The van der Waals surface area contributed by atoms with Crippen LogP contribution in [0.3, 0.4) is 0 Å². The van der Waals surface area contributed by atoms with Gasteiger partial charge in [-0.05, 0) is 30.5 Å². The van der Waals surface area contributed by atoms with E-state index < -0.39 is 0 Å². The predicted octanol–water partition coefficient (Wildman–Crippen LogP) is 5.31. The topological polar surface area (TPSA) is 79.4 Å². The van der Waals surface area contributed by atoms with Crippen LogP contribution in [0, 0.1) is 12.8 Å². The Morgan fingerprint density at radius 2 is 1.65 bits per heavy atom. The second kappa shape index (κ2) is 11.3. The molecular weight excluding hydrogens is 472 g/mol. The fraction of sp³-hybridized carbons (Fsp3) is 0.448. The summed E-state index contributed by atoms with van der Waals surface area (Å²) < 4.78 is 28.1. The average molecular weight is 509 g/mol. The number of aromatic nitrogens is 1. The van der Waals surface area contributed by atoms with E-state index in [0.717, 1.165) is 27.6 Å². The second-order valence-corrected chi connectivity index (χ2v) is 9.51. The summed E-state index contributed by atoms with van der Waals surface area (Å²) in [6.07, 6.45) is 0.400. The summed E-state index contributed by atoms with van der Waals surface area (Å²) in [6.45, 7) is 8.53. The zero-order valence-electron chi connectivity index (χ0n) is 22.8. The molecule has 2 heterocycles. The van der Waals surface area contributed by atoms with Crippen LogP contribution in [0.25, 0.3) is 22.0 Å². The van der Waals surface area contributed by atoms with E-state index in [1.165, 1.54) is 0 Å². The Morgan fingerprint density at radius 1 is 0.973 bits per heavy atom. The highest BCUT2D eigenvalue weighted by Gasteiger charge is 2.29. The van der Waals surface area contributed by atoms with Crippen molar-refractivity contribution in [3.63, 3.8) is 0 Å². The van der Waals surface area contributed by atoms with E-state index in [2.05, 4.69) is 18.7 Å². The highest BCUT2D eigenvalue weighted by atomic mass is 16.5. The van der Waals surface area contributed by atoms with Gasteiger partial charge in [-0.3, -0.25) is 4.79 Å². The number of Topliss-reactive ketones (excluding diaryl/α,β-unsaturated/α-hetero) is 1. The number of carbonyl (C=O) groups excluding carboxylic acids is 1. The minimum atomic E-state index is 0.0462. The lowest BCUT2D eigenvalue weighted by Crippen LogP contribution is -2.38. The maximum absolute atomic E-state index is 14.0. The van der Waals surface area contributed by atoms with E-state index in [1.807, 2.05) is 31.2 Å². The van der Waals surface area contributed by atoms with Crippen LogP contribution >= 0.6 is 0 Å². The molecule has 37 heavy (non-hydrogen) atoms. The van der Waals surface area contributed by atoms with Gasteiger partial charge in [0.1, 0.15) is 5.82 Å². The van der Waals surface area contributed by atoms with Crippen molar-refractivity contribution in [1.82, 2.24) is 4.98 Å². The molecule has 8 nitrogen and oxygen atoms in total. The first-order valence-corrected chi connectivity index (χ1v) is 12.5. The number of hydrogen-bond acceptors (Lipinski definition) is 8. The van der Waals surface area contributed by atoms with Crippen molar-refractivity contribution in [2.24, 2.45) is 5.92 Å². The molecule has 0 N–H and O–H groups in total. The number of nitrogens with zero attached hydrogens (tertiary/aromatic N) is 2. The molecule has 1 aromatic heterocycles. The molecule has 3 aromatic rings. The van der Waals surface area contributed by atoms with Crippen LogP contribution in [0.2, 0.25) is 0 Å². The monoisotopic (exact) mass is 508 g/mol. The lowest BCUT2D eigenvalue weighted by atomic mass is 9.88. The first kappa shape index (κ1) is 26.5. The predicted molar refractivity (Wildman–Crippen MR) is 145 cm³/mol. The average Bonchev–Trinajstić information content (AvgIpc) is 2.91. The Balaban J connectivity index is 2.17. The molecule has 1 aliphatic rings. The van der Waals surface area contributed by atoms with Crippen molar-refractivity contribution in [3.8, 4) is 34.1 Å². The number of anilines is 1. The highest BCUT2D eigenvalue weighted by molar-refractivity contribution is 6.15. The Labute approximate surface area is 218 Å². The Hall–Kier alpha value is -3.52. The van der Waals surface area contributed by atoms with Gasteiger partial charge in [-0.1, -0.05) is 19.9 Å². The van der Waals surface area contributed by atoms with Crippen LogP contribution < -0.4 is 23.8 Å². The summed E-state index contributed by atoms with van der Waals surface area (Å²) in [4.78, 5) is 21.3. The number of aryl methyl sites for hydroxylation is 1. The van der Waals surface area contributed by atoms with Gasteiger partial charge in [0.25, 0.3) is 0 Å². The van der Waals surface area contributed by atoms with Crippen LogP contribution in [0.5, 0.6) is 23.0 Å². The van der Waals surface area contributed by atoms with Crippen LogP contribution in [0.1, 0.15) is 36.2 Å². The number of pyridine rings is 1. The first-order chi connectivity index (χ1) is 17.8. The summed E-state index contributed by atoms with van der Waals surface area (Å²) in [5.41, 5.74) is 3.81. The normalized spacial score (nSPS) is 13.7. The van der Waals surface area contributed by atoms with E-state index in [4.69, 9.17) is 28.7 Å². The summed E-state index contributed by atoms with van der Waals surface area (Å²) in [5, 5.41) is 0.842. The van der Waals surface area contributed by atoms with Crippen molar-refractivity contribution < 1.29 is 28.5 Å². The molecule has 8 heteroatoms. The number of morpholine rings is 1. The van der Waals surface area contributed by atoms with Crippen LogP contribution in [-0.2, 0) is 4.74 Å². The summed E-state index contributed by atoms with van der Waals surface area (Å²) >= 11 is 0. The van der Waals surface area contributed by atoms with E-state index in [1.54, 1.807) is 28.4 Å². The molecule has 0 aliphatic carbocycles. The molecule has 0 bridgehead atoms. The van der Waals surface area contributed by atoms with Gasteiger partial charge < -0.3 is 28.6 Å². The fourth-order valence-electron chi connectivity index (χ4n) is 4.99. The number of fused-ring (bicyclic) bond motifs is 1. The zero-order valence-corrected chi connectivity index (χ0v) is 22.8. The first-order valence-electron chi connectivity index (χ1n) is 12.5. The second-order valence-electron chi connectivity index (χ2n) is 9.51. The smallest absolute Gasteiger partial charge is 0.167 e. The van der Waals surface area contributed by atoms with E-state index in [-0.39, 0.29) is 11.7 Å². The standard InChI is InChI=1S/C29H36N2O6/c1-17(2)14-21(32)27-26(19-8-9-22(33-4)23(15-19)34-5)25-18(3)28(36-7)24(35-6)16-20(25)30-29(27)31-10-12-37-13-11-31/h8-9,15-17H,10-14H2,1-7H3. The number of hydrogen-bond donors (Lipinski definition) is 0. The molecule has 198 valence electrons. The Bertz CT molecular complexity index is 1300. The summed E-state index contributed by atoms with van der Waals surface area (Å²) in [7, 11) is 6.44. The number of methoxy groups -OCH3 is 4. The number of carbonyl (C=O) groups is 1. The number of rotatable bonds is 9. The lowest BCUT2D eigenvalue weighted by molar-refractivity contribution is 0.0966. The molecule has 4 rings (SSSR count). The van der Waals surface area contributed by atoms with Gasteiger partial charge >= 0.3 is 0 Å². The lowest BCUT2D eigenvalue weighted by Gasteiger charge is -2.31. The molecule has 0 atom stereocenters. The van der Waals surface area contributed by atoms with Crippen LogP contribution in [0.15, 0.2) is 24.3 Å². The number of ketones is 1. The van der Waals surface area contributed by atoms with Gasteiger partial charge in [0.15, 0.2) is 28.8 Å².